The summed E-state index contributed by atoms with van der Waals surface area (Å²) < 4.78 is 38.0. The number of anilines is 1. The lowest BCUT2D eigenvalue weighted by Crippen LogP contribution is -2.18. The Morgan fingerprint density at radius 3 is 2.33 bits per heavy atom. The number of carbonyl (C=O) groups is 1. The minimum Gasteiger partial charge on any atom is -0.497 e. The summed E-state index contributed by atoms with van der Waals surface area (Å²) in [5.74, 6) is -0.0618. The maximum Gasteiger partial charge on any atom is 0.341 e. The van der Waals surface area contributed by atoms with Crippen molar-refractivity contribution < 1.29 is 22.7 Å². The van der Waals surface area contributed by atoms with E-state index >= 15 is 0 Å². The summed E-state index contributed by atoms with van der Waals surface area (Å²) in [5.41, 5.74) is 1.21. The minimum atomic E-state index is -3.96. The maximum absolute atomic E-state index is 12.7. The lowest BCUT2D eigenvalue weighted by atomic mass is 10.2. The van der Waals surface area contributed by atoms with Crippen LogP contribution in [-0.4, -0.2) is 33.1 Å². The third-order valence-corrected chi connectivity index (χ3v) is 4.96. The number of carbonyl (C=O) groups excluding carboxylic acids is 1. The van der Waals surface area contributed by atoms with Crippen LogP contribution in [0.2, 0.25) is 0 Å². The van der Waals surface area contributed by atoms with Gasteiger partial charge >= 0.3 is 5.97 Å². The number of hydrogen-bond acceptors (Lipinski definition) is 5. The summed E-state index contributed by atoms with van der Waals surface area (Å²) in [5, 5.41) is 0. The average Bonchev–Trinajstić information content (AvgIpc) is 2.83. The van der Waals surface area contributed by atoms with Crippen LogP contribution < -0.4 is 9.46 Å². The molecule has 2 N–H and O–H groups in total. The molecule has 8 heteroatoms. The highest BCUT2D eigenvalue weighted by atomic mass is 32.2. The Morgan fingerprint density at radius 2 is 1.79 bits per heavy atom. The molecular weight excluding hydrogens is 332 g/mol. The van der Waals surface area contributed by atoms with E-state index in [0.717, 1.165) is 0 Å². The lowest BCUT2D eigenvalue weighted by Gasteiger charge is -2.10. The van der Waals surface area contributed by atoms with Crippen molar-refractivity contribution in [2.24, 2.45) is 0 Å². The molecule has 0 unspecified atom stereocenters. The number of aromatic amines is 1. The molecule has 1 aromatic heterocycles. The highest BCUT2D eigenvalue weighted by Crippen LogP contribution is 2.27. The predicted octanol–water partition coefficient (Wildman–Crippen LogP) is 2.62. The van der Waals surface area contributed by atoms with Crippen molar-refractivity contribution in [2.75, 3.05) is 18.4 Å². The Balaban J connectivity index is 2.43. The smallest absolute Gasteiger partial charge is 0.341 e. The number of ether oxygens (including phenoxy) is 2. The molecule has 0 amide bonds. The molecule has 0 saturated heterocycles. The van der Waals surface area contributed by atoms with E-state index in [0.29, 0.717) is 22.8 Å². The first-order valence-corrected chi connectivity index (χ1v) is 8.81. The molecule has 0 aliphatic carbocycles. The van der Waals surface area contributed by atoms with Crippen molar-refractivity contribution in [3.63, 3.8) is 0 Å². The van der Waals surface area contributed by atoms with E-state index in [4.69, 9.17) is 9.47 Å². The number of aryl methyl sites for hydroxylation is 2. The molecule has 24 heavy (non-hydrogen) atoms. The van der Waals surface area contributed by atoms with Crippen molar-refractivity contribution in [1.82, 2.24) is 4.98 Å². The Morgan fingerprint density at radius 1 is 1.17 bits per heavy atom. The van der Waals surface area contributed by atoms with Gasteiger partial charge in [-0.15, -0.1) is 0 Å². The first kappa shape index (κ1) is 17.9. The molecule has 0 fully saturated rings. The number of benzene rings is 1. The van der Waals surface area contributed by atoms with Gasteiger partial charge in [-0.3, -0.25) is 4.72 Å². The lowest BCUT2D eigenvalue weighted by molar-refractivity contribution is 0.0521. The van der Waals surface area contributed by atoms with Crippen LogP contribution in [-0.2, 0) is 14.8 Å². The molecule has 0 saturated carbocycles. The maximum atomic E-state index is 12.7. The first-order chi connectivity index (χ1) is 11.3. The molecule has 130 valence electrons. The van der Waals surface area contributed by atoms with Crippen LogP contribution in [0.15, 0.2) is 29.2 Å². The second-order valence-corrected chi connectivity index (χ2v) is 6.75. The highest BCUT2D eigenvalue weighted by Gasteiger charge is 2.29. The fourth-order valence-electron chi connectivity index (χ4n) is 2.41. The molecule has 0 spiro atoms. The zero-order chi connectivity index (χ0) is 17.9. The van der Waals surface area contributed by atoms with Crippen molar-refractivity contribution in [3.05, 3.63) is 41.2 Å². The summed E-state index contributed by atoms with van der Waals surface area (Å²) in [6.07, 6.45) is 0. The van der Waals surface area contributed by atoms with Gasteiger partial charge in [0.05, 0.1) is 13.7 Å². The number of hydrogen-bond donors (Lipinski definition) is 2. The average molecular weight is 352 g/mol. The first-order valence-electron chi connectivity index (χ1n) is 7.33. The highest BCUT2D eigenvalue weighted by molar-refractivity contribution is 7.92. The zero-order valence-corrected chi connectivity index (χ0v) is 14.8. The van der Waals surface area contributed by atoms with Gasteiger partial charge in [0.15, 0.2) is 0 Å². The van der Waals surface area contributed by atoms with Crippen LogP contribution in [0.25, 0.3) is 0 Å². The monoisotopic (exact) mass is 352 g/mol. The van der Waals surface area contributed by atoms with Crippen LogP contribution in [0.1, 0.15) is 28.7 Å². The van der Waals surface area contributed by atoms with Gasteiger partial charge in [-0.2, -0.15) is 0 Å². The fourth-order valence-corrected chi connectivity index (χ4v) is 3.92. The topological polar surface area (TPSA) is 97.5 Å². The third kappa shape index (κ3) is 3.53. The van der Waals surface area contributed by atoms with Crippen molar-refractivity contribution >= 4 is 21.7 Å². The van der Waals surface area contributed by atoms with E-state index in [9.17, 15) is 13.2 Å². The van der Waals surface area contributed by atoms with Crippen LogP contribution >= 0.6 is 0 Å². The number of rotatable bonds is 6. The Bertz CT molecular complexity index is 838. The van der Waals surface area contributed by atoms with Gasteiger partial charge < -0.3 is 14.5 Å². The molecule has 0 aliphatic rings. The van der Waals surface area contributed by atoms with Gasteiger partial charge in [0.25, 0.3) is 10.0 Å². The third-order valence-electron chi connectivity index (χ3n) is 3.41. The van der Waals surface area contributed by atoms with Gasteiger partial charge in [-0.05, 0) is 45.0 Å². The zero-order valence-electron chi connectivity index (χ0n) is 14.0. The van der Waals surface area contributed by atoms with Gasteiger partial charge in [0.1, 0.15) is 16.2 Å². The summed E-state index contributed by atoms with van der Waals surface area (Å²) in [6.45, 7) is 5.05. The standard InChI is InChI=1S/C16H20N2O5S/c1-5-23-16(19)14-10(2)17-11(3)15(14)24(20,21)18-12-6-8-13(22-4)9-7-12/h6-9,17-18H,5H2,1-4H3. The summed E-state index contributed by atoms with van der Waals surface area (Å²) in [4.78, 5) is 14.9. The van der Waals surface area contributed by atoms with E-state index in [1.807, 2.05) is 0 Å². The number of methoxy groups -OCH3 is 1. The molecule has 0 atom stereocenters. The molecule has 1 heterocycles. The van der Waals surface area contributed by atoms with Crippen molar-refractivity contribution in [1.29, 1.82) is 0 Å². The van der Waals surface area contributed by atoms with Gasteiger partial charge in [0, 0.05) is 17.1 Å². The molecule has 7 nitrogen and oxygen atoms in total. The number of H-pyrrole nitrogens is 1. The van der Waals surface area contributed by atoms with E-state index in [-0.39, 0.29) is 17.1 Å². The Hall–Kier alpha value is -2.48. The van der Waals surface area contributed by atoms with Crippen LogP contribution in [0.5, 0.6) is 5.75 Å². The molecular formula is C16H20N2O5S. The largest absolute Gasteiger partial charge is 0.497 e. The van der Waals surface area contributed by atoms with E-state index < -0.39 is 16.0 Å². The number of sulfonamides is 1. The van der Waals surface area contributed by atoms with Crippen LogP contribution in [0.4, 0.5) is 5.69 Å². The number of aromatic nitrogens is 1. The van der Waals surface area contributed by atoms with Crippen LogP contribution in [0, 0.1) is 13.8 Å². The normalized spacial score (nSPS) is 11.2. The van der Waals surface area contributed by atoms with E-state index in [2.05, 4.69) is 9.71 Å². The Kier molecular flexibility index (Phi) is 5.18. The van der Waals surface area contributed by atoms with Crippen LogP contribution in [0.3, 0.4) is 0 Å². The molecule has 0 aliphatic heterocycles. The van der Waals surface area contributed by atoms with Gasteiger partial charge in [0.2, 0.25) is 0 Å². The number of nitrogens with one attached hydrogen (secondary N) is 2. The second-order valence-electron chi connectivity index (χ2n) is 5.13. The molecule has 0 radical (unpaired) electrons. The minimum absolute atomic E-state index is 0.0235. The predicted molar refractivity (Wildman–Crippen MR) is 90.0 cm³/mol. The summed E-state index contributed by atoms with van der Waals surface area (Å²) in [7, 11) is -2.44. The summed E-state index contributed by atoms with van der Waals surface area (Å²) >= 11 is 0. The SMILES string of the molecule is CCOC(=O)c1c(C)[nH]c(C)c1S(=O)(=O)Nc1ccc(OC)cc1. The number of esters is 1. The molecule has 2 rings (SSSR count). The summed E-state index contributed by atoms with van der Waals surface area (Å²) in [6, 6.07) is 6.43. The molecule has 2 aromatic rings. The van der Waals surface area contributed by atoms with E-state index in [1.54, 1.807) is 45.0 Å². The van der Waals surface area contributed by atoms with Gasteiger partial charge in [-0.25, -0.2) is 13.2 Å². The molecule has 1 aromatic carbocycles. The molecule has 0 bridgehead atoms. The van der Waals surface area contributed by atoms with Crippen molar-refractivity contribution in [2.45, 2.75) is 25.7 Å². The van der Waals surface area contributed by atoms with Gasteiger partial charge in [-0.1, -0.05) is 0 Å². The second kappa shape index (κ2) is 6.96. The van der Waals surface area contributed by atoms with Crippen molar-refractivity contribution in [3.8, 4) is 5.75 Å². The Labute approximate surface area is 141 Å². The quantitative estimate of drug-likeness (QED) is 0.779. The van der Waals surface area contributed by atoms with E-state index in [1.165, 1.54) is 7.11 Å². The fraction of sp³-hybridized carbons (Fsp3) is 0.312.